The molecule has 1 N–H and O–H groups in total. The van der Waals surface area contributed by atoms with E-state index < -0.39 is 5.60 Å². The number of benzene rings is 1. The lowest BCUT2D eigenvalue weighted by Gasteiger charge is -2.40. The van der Waals surface area contributed by atoms with Crippen molar-refractivity contribution in [2.45, 2.75) is 31.4 Å². The molecule has 6 heteroatoms. The van der Waals surface area contributed by atoms with Gasteiger partial charge in [0.2, 0.25) is 0 Å². The lowest BCUT2D eigenvalue weighted by Crippen LogP contribution is -2.44. The molecule has 3 heterocycles. The summed E-state index contributed by atoms with van der Waals surface area (Å²) in [7, 11) is 2.10. The lowest BCUT2D eigenvalue weighted by molar-refractivity contribution is -0.0202. The van der Waals surface area contributed by atoms with E-state index in [4.69, 9.17) is 0 Å². The highest BCUT2D eigenvalue weighted by Gasteiger charge is 2.47. The number of fused-ring (bicyclic) bond motifs is 2. The highest BCUT2D eigenvalue weighted by molar-refractivity contribution is 5.39. The van der Waals surface area contributed by atoms with E-state index in [1.807, 2.05) is 0 Å². The summed E-state index contributed by atoms with van der Waals surface area (Å²) in [5.74, 6) is 0.392. The number of nitrogens with zero attached hydrogens (tertiary/aromatic N) is 4. The number of hydrogen-bond donors (Lipinski definition) is 1. The van der Waals surface area contributed by atoms with Gasteiger partial charge in [0.05, 0.1) is 0 Å². The average Bonchev–Trinajstić information content (AvgIpc) is 2.98. The molecule has 0 radical (unpaired) electrons. The summed E-state index contributed by atoms with van der Waals surface area (Å²) in [5.41, 5.74) is 0.455. The van der Waals surface area contributed by atoms with Crippen molar-refractivity contribution < 1.29 is 9.50 Å². The second-order valence-electron chi connectivity index (χ2n) is 6.70. The van der Waals surface area contributed by atoms with Crippen molar-refractivity contribution in [1.29, 1.82) is 0 Å². The zero-order chi connectivity index (χ0) is 16.0. The normalized spacial score (nSPS) is 25.7. The third kappa shape index (κ3) is 2.28. The Kier molecular flexibility index (Phi) is 3.46. The first-order chi connectivity index (χ1) is 11.1. The molecular weight excluding hydrogens is 295 g/mol. The first kappa shape index (κ1) is 14.8. The molecule has 1 aromatic heterocycles. The second kappa shape index (κ2) is 5.39. The monoisotopic (exact) mass is 316 g/mol. The number of aromatic nitrogens is 3. The van der Waals surface area contributed by atoms with E-state index in [0.717, 1.165) is 37.1 Å². The fraction of sp³-hybridized carbons (Fsp3) is 0.529. The Hall–Kier alpha value is -1.79. The first-order valence-electron chi connectivity index (χ1n) is 8.17. The summed E-state index contributed by atoms with van der Waals surface area (Å²) in [6.07, 6.45) is 3.93. The van der Waals surface area contributed by atoms with Gasteiger partial charge < -0.3 is 10.0 Å². The van der Waals surface area contributed by atoms with Crippen LogP contribution in [-0.2, 0) is 18.6 Å². The Labute approximate surface area is 134 Å². The molecule has 1 atom stereocenters. The maximum absolute atomic E-state index is 13.7. The van der Waals surface area contributed by atoms with E-state index in [9.17, 15) is 9.50 Å². The second-order valence-corrected chi connectivity index (χ2v) is 6.70. The molecule has 0 saturated carbocycles. The Morgan fingerprint density at radius 2 is 2.04 bits per heavy atom. The molecule has 23 heavy (non-hydrogen) atoms. The van der Waals surface area contributed by atoms with Crippen LogP contribution in [0.4, 0.5) is 4.39 Å². The Bertz CT molecular complexity index is 723. The van der Waals surface area contributed by atoms with E-state index in [-0.39, 0.29) is 11.7 Å². The standard InChI is InChI=1S/C17H21FN4O/c1-21-7-5-13(6-8-21)17(23)15-3-2-14(18)10-12(15)4-9-22-16(17)19-11-20-22/h2-3,10-11,13,23H,4-9H2,1H3. The summed E-state index contributed by atoms with van der Waals surface area (Å²) >= 11 is 0. The van der Waals surface area contributed by atoms with Gasteiger partial charge in [0.15, 0.2) is 11.4 Å². The number of aryl methyl sites for hydroxylation is 2. The summed E-state index contributed by atoms with van der Waals surface area (Å²) in [6, 6.07) is 4.71. The zero-order valence-electron chi connectivity index (χ0n) is 13.2. The number of piperidine rings is 1. The molecule has 4 rings (SSSR count). The van der Waals surface area contributed by atoms with Crippen LogP contribution >= 0.6 is 0 Å². The molecule has 0 spiro atoms. The molecule has 1 saturated heterocycles. The zero-order valence-corrected chi connectivity index (χ0v) is 13.2. The maximum atomic E-state index is 13.7. The topological polar surface area (TPSA) is 54.2 Å². The molecule has 1 aromatic carbocycles. The predicted octanol–water partition coefficient (Wildman–Crippen LogP) is 1.55. The highest BCUT2D eigenvalue weighted by atomic mass is 19.1. The predicted molar refractivity (Wildman–Crippen MR) is 83.3 cm³/mol. The van der Waals surface area contributed by atoms with E-state index in [2.05, 4.69) is 22.0 Å². The van der Waals surface area contributed by atoms with Gasteiger partial charge in [-0.15, -0.1) is 0 Å². The van der Waals surface area contributed by atoms with Gasteiger partial charge in [0, 0.05) is 12.5 Å². The third-order valence-electron chi connectivity index (χ3n) is 5.34. The van der Waals surface area contributed by atoms with Crippen LogP contribution < -0.4 is 0 Å². The van der Waals surface area contributed by atoms with Gasteiger partial charge in [0.25, 0.3) is 0 Å². The number of rotatable bonds is 1. The molecule has 2 aliphatic heterocycles. The first-order valence-corrected chi connectivity index (χ1v) is 8.17. The van der Waals surface area contributed by atoms with Crippen molar-refractivity contribution in [3.8, 4) is 0 Å². The quantitative estimate of drug-likeness (QED) is 0.867. The smallest absolute Gasteiger partial charge is 0.163 e. The molecule has 0 bridgehead atoms. The van der Waals surface area contributed by atoms with E-state index in [0.29, 0.717) is 18.8 Å². The van der Waals surface area contributed by atoms with Gasteiger partial charge in [-0.1, -0.05) is 6.07 Å². The fourth-order valence-corrected chi connectivity index (χ4v) is 4.04. The van der Waals surface area contributed by atoms with Gasteiger partial charge in [-0.25, -0.2) is 14.1 Å². The fourth-order valence-electron chi connectivity index (χ4n) is 4.04. The number of halogens is 1. The van der Waals surface area contributed by atoms with Crippen LogP contribution in [0.5, 0.6) is 0 Å². The van der Waals surface area contributed by atoms with Gasteiger partial charge >= 0.3 is 0 Å². The number of likely N-dealkylation sites (tertiary alicyclic amines) is 1. The van der Waals surface area contributed by atoms with Crippen molar-refractivity contribution in [2.75, 3.05) is 20.1 Å². The molecular formula is C17H21FN4O. The molecule has 1 fully saturated rings. The Morgan fingerprint density at radius 3 is 2.83 bits per heavy atom. The number of aliphatic hydroxyl groups is 1. The summed E-state index contributed by atoms with van der Waals surface area (Å²) in [6.45, 7) is 2.50. The van der Waals surface area contributed by atoms with Crippen molar-refractivity contribution in [1.82, 2.24) is 19.7 Å². The van der Waals surface area contributed by atoms with Crippen LogP contribution in [-0.4, -0.2) is 44.9 Å². The van der Waals surface area contributed by atoms with Crippen LogP contribution in [0.3, 0.4) is 0 Å². The number of hydrogen-bond acceptors (Lipinski definition) is 4. The highest BCUT2D eigenvalue weighted by Crippen LogP contribution is 2.43. The minimum atomic E-state index is -1.20. The Morgan fingerprint density at radius 1 is 1.26 bits per heavy atom. The SMILES string of the molecule is CN1CCC(C2(O)c3ccc(F)cc3CCn3ncnc32)CC1. The minimum absolute atomic E-state index is 0.0592. The molecule has 1 unspecified atom stereocenters. The Balaban J connectivity index is 1.87. The van der Waals surface area contributed by atoms with Crippen LogP contribution in [0.25, 0.3) is 0 Å². The molecule has 122 valence electrons. The van der Waals surface area contributed by atoms with Gasteiger partial charge in [0.1, 0.15) is 12.1 Å². The molecule has 5 nitrogen and oxygen atoms in total. The van der Waals surface area contributed by atoms with Gasteiger partial charge in [-0.05, 0) is 62.7 Å². The van der Waals surface area contributed by atoms with Crippen molar-refractivity contribution >= 4 is 0 Å². The minimum Gasteiger partial charge on any atom is -0.377 e. The van der Waals surface area contributed by atoms with Crippen LogP contribution in [0.15, 0.2) is 24.5 Å². The third-order valence-corrected chi connectivity index (χ3v) is 5.34. The van der Waals surface area contributed by atoms with Crippen molar-refractivity contribution in [3.05, 3.63) is 47.3 Å². The van der Waals surface area contributed by atoms with Crippen LogP contribution in [0, 0.1) is 11.7 Å². The van der Waals surface area contributed by atoms with Crippen molar-refractivity contribution in [3.63, 3.8) is 0 Å². The van der Waals surface area contributed by atoms with Gasteiger partial charge in [-0.2, -0.15) is 5.10 Å². The molecule has 0 aliphatic carbocycles. The summed E-state index contributed by atoms with van der Waals surface area (Å²) in [4.78, 5) is 6.65. The molecule has 2 aromatic rings. The van der Waals surface area contributed by atoms with E-state index in [1.54, 1.807) is 16.8 Å². The summed E-state index contributed by atoms with van der Waals surface area (Å²) < 4.78 is 15.5. The lowest BCUT2D eigenvalue weighted by atomic mass is 9.74. The maximum Gasteiger partial charge on any atom is 0.163 e. The van der Waals surface area contributed by atoms with Gasteiger partial charge in [-0.3, -0.25) is 0 Å². The molecule has 2 aliphatic rings. The van der Waals surface area contributed by atoms with Crippen LogP contribution in [0.1, 0.15) is 29.8 Å². The van der Waals surface area contributed by atoms with Crippen LogP contribution in [0.2, 0.25) is 0 Å². The largest absolute Gasteiger partial charge is 0.377 e. The van der Waals surface area contributed by atoms with E-state index >= 15 is 0 Å². The summed E-state index contributed by atoms with van der Waals surface area (Å²) in [5, 5.41) is 16.1. The van der Waals surface area contributed by atoms with E-state index in [1.165, 1.54) is 12.4 Å². The average molecular weight is 316 g/mol. The molecule has 0 amide bonds. The van der Waals surface area contributed by atoms with Crippen molar-refractivity contribution in [2.24, 2.45) is 5.92 Å².